The van der Waals surface area contributed by atoms with Gasteiger partial charge in [-0.25, -0.2) is 9.97 Å². The molecule has 1 aromatic heterocycles. The van der Waals surface area contributed by atoms with E-state index in [2.05, 4.69) is 69.6 Å². The van der Waals surface area contributed by atoms with E-state index in [1.807, 2.05) is 6.92 Å². The second-order valence-electron chi connectivity index (χ2n) is 6.94. The lowest BCUT2D eigenvalue weighted by molar-refractivity contribution is 0.679. The number of rotatable bonds is 8. The second kappa shape index (κ2) is 9.37. The summed E-state index contributed by atoms with van der Waals surface area (Å²) in [6.07, 6.45) is 8.72. The Hall–Kier alpha value is -2.36. The largest absolute Gasteiger partial charge is 0.370 e. The molecule has 138 valence electrons. The molecule has 0 saturated carbocycles. The average Bonchev–Trinajstić information content (AvgIpc) is 2.67. The molecule has 4 nitrogen and oxygen atoms in total. The van der Waals surface area contributed by atoms with Crippen molar-refractivity contribution in [3.8, 4) is 0 Å². The Morgan fingerprint density at radius 2 is 1.96 bits per heavy atom. The first-order valence-electron chi connectivity index (χ1n) is 9.81. The van der Waals surface area contributed by atoms with Crippen molar-refractivity contribution in [1.29, 1.82) is 0 Å². The Kier molecular flexibility index (Phi) is 6.64. The lowest BCUT2D eigenvalue weighted by Crippen LogP contribution is -2.23. The fourth-order valence-electron chi connectivity index (χ4n) is 3.45. The summed E-state index contributed by atoms with van der Waals surface area (Å²) >= 11 is 0. The molecule has 0 radical (unpaired) electrons. The number of allylic oxidation sites excluding steroid dienone is 1. The number of nitrogens with one attached hydrogen (secondary N) is 1. The van der Waals surface area contributed by atoms with Crippen molar-refractivity contribution in [2.75, 3.05) is 23.3 Å². The van der Waals surface area contributed by atoms with E-state index in [0.717, 1.165) is 43.5 Å². The summed E-state index contributed by atoms with van der Waals surface area (Å²) < 4.78 is 0. The highest BCUT2D eigenvalue weighted by molar-refractivity contribution is 5.50. The van der Waals surface area contributed by atoms with Gasteiger partial charge in [0, 0.05) is 25.7 Å². The summed E-state index contributed by atoms with van der Waals surface area (Å²) in [6, 6.07) is 12.6. The lowest BCUT2D eigenvalue weighted by Gasteiger charge is -2.23. The normalized spacial score (nSPS) is 14.0. The molecule has 0 unspecified atom stereocenters. The summed E-state index contributed by atoms with van der Waals surface area (Å²) in [5, 5.41) is 3.50. The third-order valence-electron chi connectivity index (χ3n) is 4.88. The number of benzene rings is 1. The third kappa shape index (κ3) is 5.32. The molecule has 0 amide bonds. The van der Waals surface area contributed by atoms with Crippen molar-refractivity contribution in [3.63, 3.8) is 0 Å². The Balaban J connectivity index is 1.64. The number of nitrogens with zero attached hydrogens (tertiary/aromatic N) is 3. The first-order chi connectivity index (χ1) is 12.7. The molecule has 0 aliphatic heterocycles. The van der Waals surface area contributed by atoms with Crippen LogP contribution in [0.3, 0.4) is 0 Å². The van der Waals surface area contributed by atoms with Crippen LogP contribution in [0.1, 0.15) is 50.4 Å². The monoisotopic (exact) mass is 350 g/mol. The van der Waals surface area contributed by atoms with E-state index in [1.165, 1.54) is 31.2 Å². The van der Waals surface area contributed by atoms with Crippen LogP contribution in [0.2, 0.25) is 0 Å². The van der Waals surface area contributed by atoms with Gasteiger partial charge in [-0.15, -0.1) is 0 Å². The SMILES string of the molecule is CCN(Cc1ccccc1)c1cc(NCCC2=CCCCC2)nc(C)n1. The van der Waals surface area contributed by atoms with E-state index in [1.54, 1.807) is 5.57 Å². The van der Waals surface area contributed by atoms with Crippen molar-refractivity contribution in [3.05, 3.63) is 59.4 Å². The molecule has 2 aromatic rings. The summed E-state index contributed by atoms with van der Waals surface area (Å²) in [7, 11) is 0. The van der Waals surface area contributed by atoms with Crippen LogP contribution in [-0.2, 0) is 6.54 Å². The van der Waals surface area contributed by atoms with Gasteiger partial charge in [-0.3, -0.25) is 0 Å². The van der Waals surface area contributed by atoms with Gasteiger partial charge in [0.2, 0.25) is 0 Å². The highest BCUT2D eigenvalue weighted by Crippen LogP contribution is 2.21. The van der Waals surface area contributed by atoms with Gasteiger partial charge in [-0.2, -0.15) is 0 Å². The van der Waals surface area contributed by atoms with Gasteiger partial charge in [-0.05, 0) is 51.5 Å². The van der Waals surface area contributed by atoms with Gasteiger partial charge >= 0.3 is 0 Å². The van der Waals surface area contributed by atoms with Crippen LogP contribution >= 0.6 is 0 Å². The van der Waals surface area contributed by atoms with E-state index in [4.69, 9.17) is 0 Å². The first kappa shape index (κ1) is 18.4. The minimum Gasteiger partial charge on any atom is -0.370 e. The maximum Gasteiger partial charge on any atom is 0.134 e. The molecule has 1 heterocycles. The minimum absolute atomic E-state index is 0.813. The summed E-state index contributed by atoms with van der Waals surface area (Å²) in [4.78, 5) is 11.5. The van der Waals surface area contributed by atoms with E-state index in [9.17, 15) is 0 Å². The van der Waals surface area contributed by atoms with Crippen molar-refractivity contribution in [1.82, 2.24) is 9.97 Å². The zero-order valence-electron chi connectivity index (χ0n) is 16.0. The zero-order chi connectivity index (χ0) is 18.2. The molecule has 4 heteroatoms. The molecule has 1 aromatic carbocycles. The number of hydrogen-bond donors (Lipinski definition) is 1. The maximum atomic E-state index is 4.66. The van der Waals surface area contributed by atoms with Crippen LogP contribution in [0, 0.1) is 6.92 Å². The van der Waals surface area contributed by atoms with Crippen LogP contribution in [0.4, 0.5) is 11.6 Å². The molecule has 0 fully saturated rings. The first-order valence-corrected chi connectivity index (χ1v) is 9.81. The number of aryl methyl sites for hydroxylation is 1. The van der Waals surface area contributed by atoms with Crippen molar-refractivity contribution in [2.24, 2.45) is 0 Å². The highest BCUT2D eigenvalue weighted by atomic mass is 15.2. The molecule has 26 heavy (non-hydrogen) atoms. The van der Waals surface area contributed by atoms with E-state index in [0.29, 0.717) is 0 Å². The Morgan fingerprint density at radius 1 is 1.12 bits per heavy atom. The van der Waals surface area contributed by atoms with Crippen LogP contribution < -0.4 is 10.2 Å². The average molecular weight is 351 g/mol. The van der Waals surface area contributed by atoms with Crippen LogP contribution in [0.25, 0.3) is 0 Å². The van der Waals surface area contributed by atoms with E-state index >= 15 is 0 Å². The summed E-state index contributed by atoms with van der Waals surface area (Å²) in [5.41, 5.74) is 2.89. The predicted octanol–water partition coefficient (Wildman–Crippen LogP) is 5.11. The van der Waals surface area contributed by atoms with Crippen molar-refractivity contribution < 1.29 is 0 Å². The molecule has 0 spiro atoms. The molecule has 3 rings (SSSR count). The van der Waals surface area contributed by atoms with Gasteiger partial charge in [0.1, 0.15) is 17.5 Å². The quantitative estimate of drug-likeness (QED) is 0.671. The van der Waals surface area contributed by atoms with Crippen molar-refractivity contribution in [2.45, 2.75) is 52.5 Å². The van der Waals surface area contributed by atoms with Gasteiger partial charge in [-0.1, -0.05) is 42.0 Å². The molecule has 0 saturated heterocycles. The Morgan fingerprint density at radius 3 is 2.69 bits per heavy atom. The third-order valence-corrected chi connectivity index (χ3v) is 4.88. The number of anilines is 2. The fourth-order valence-corrected chi connectivity index (χ4v) is 3.45. The smallest absolute Gasteiger partial charge is 0.134 e. The molecule has 0 bridgehead atoms. The van der Waals surface area contributed by atoms with E-state index in [-0.39, 0.29) is 0 Å². The molecule has 1 N–H and O–H groups in total. The topological polar surface area (TPSA) is 41.0 Å². The van der Waals surface area contributed by atoms with Crippen LogP contribution in [0.5, 0.6) is 0 Å². The molecule has 0 atom stereocenters. The number of aromatic nitrogens is 2. The highest BCUT2D eigenvalue weighted by Gasteiger charge is 2.10. The maximum absolute atomic E-state index is 4.66. The molecular weight excluding hydrogens is 320 g/mol. The lowest BCUT2D eigenvalue weighted by atomic mass is 9.97. The minimum atomic E-state index is 0.813. The Labute approximate surface area is 157 Å². The number of hydrogen-bond acceptors (Lipinski definition) is 4. The van der Waals surface area contributed by atoms with E-state index < -0.39 is 0 Å². The van der Waals surface area contributed by atoms with Gasteiger partial charge < -0.3 is 10.2 Å². The van der Waals surface area contributed by atoms with Crippen LogP contribution in [-0.4, -0.2) is 23.1 Å². The Bertz CT molecular complexity index is 724. The zero-order valence-corrected chi connectivity index (χ0v) is 16.0. The molecule has 1 aliphatic rings. The predicted molar refractivity (Wildman–Crippen MR) is 110 cm³/mol. The van der Waals surface area contributed by atoms with Crippen molar-refractivity contribution >= 4 is 11.6 Å². The fraction of sp³-hybridized carbons (Fsp3) is 0.455. The van der Waals surface area contributed by atoms with Gasteiger partial charge in [0.15, 0.2) is 0 Å². The van der Waals surface area contributed by atoms with Gasteiger partial charge in [0.25, 0.3) is 0 Å². The summed E-state index contributed by atoms with van der Waals surface area (Å²) in [5.74, 6) is 2.73. The molecular formula is C22H30N4. The van der Waals surface area contributed by atoms with Gasteiger partial charge in [0.05, 0.1) is 0 Å². The standard InChI is InChI=1S/C22H30N4/c1-3-26(17-20-12-8-5-9-13-20)22-16-21(24-18(2)25-22)23-15-14-19-10-6-4-7-11-19/h5,8-10,12-13,16H,3-4,6-7,11,14-15,17H2,1-2H3,(H,23,24,25). The second-order valence-corrected chi connectivity index (χ2v) is 6.94. The summed E-state index contributed by atoms with van der Waals surface area (Å²) in [6.45, 7) is 6.85. The molecule has 1 aliphatic carbocycles. The van der Waals surface area contributed by atoms with Crippen LogP contribution in [0.15, 0.2) is 48.0 Å².